The van der Waals surface area contributed by atoms with E-state index in [-0.39, 0.29) is 24.0 Å². The van der Waals surface area contributed by atoms with Crippen molar-refractivity contribution in [3.8, 4) is 0 Å². The molecule has 2 N–H and O–H groups in total. The molecule has 0 spiro atoms. The molecule has 0 amide bonds. The maximum Gasteiger partial charge on any atom is 0.191 e. The van der Waals surface area contributed by atoms with Crippen LogP contribution in [0.2, 0.25) is 0 Å². The van der Waals surface area contributed by atoms with Crippen LogP contribution in [0.4, 0.5) is 0 Å². The summed E-state index contributed by atoms with van der Waals surface area (Å²) in [6, 6.07) is 0. The number of aromatic nitrogens is 1. The van der Waals surface area contributed by atoms with E-state index in [0.29, 0.717) is 0 Å². The summed E-state index contributed by atoms with van der Waals surface area (Å²) in [7, 11) is 0. The summed E-state index contributed by atoms with van der Waals surface area (Å²) in [5.74, 6) is 0.890. The Morgan fingerprint density at radius 1 is 1.32 bits per heavy atom. The maximum atomic E-state index is 5.32. The minimum absolute atomic E-state index is 0. The summed E-state index contributed by atoms with van der Waals surface area (Å²) < 4.78 is 5.32. The summed E-state index contributed by atoms with van der Waals surface area (Å²) in [4.78, 5) is 9.03. The Morgan fingerprint density at radius 3 is 2.77 bits per heavy atom. The van der Waals surface area contributed by atoms with Gasteiger partial charge in [0.25, 0.3) is 0 Å². The molecular weight excluding hydrogens is 411 g/mol. The molecule has 0 unspecified atom stereocenters. The third kappa shape index (κ3) is 10.3. The molecule has 0 aliphatic heterocycles. The predicted octanol–water partition coefficient (Wildman–Crippen LogP) is 2.98. The van der Waals surface area contributed by atoms with E-state index in [2.05, 4.69) is 32.9 Å². The first-order valence-electron chi connectivity index (χ1n) is 7.77. The predicted molar refractivity (Wildman–Crippen MR) is 106 cm³/mol. The molecule has 0 fully saturated rings. The van der Waals surface area contributed by atoms with E-state index in [1.807, 2.05) is 13.8 Å². The van der Waals surface area contributed by atoms with E-state index in [4.69, 9.17) is 4.74 Å². The number of nitrogens with zero attached hydrogens (tertiary/aromatic N) is 2. The number of rotatable bonds is 10. The number of halogens is 1. The van der Waals surface area contributed by atoms with Gasteiger partial charge in [-0.1, -0.05) is 0 Å². The number of hydrogen-bond donors (Lipinski definition) is 2. The molecule has 0 bridgehead atoms. The summed E-state index contributed by atoms with van der Waals surface area (Å²) in [5.41, 5.74) is 1.15. The molecule has 0 aliphatic rings. The fourth-order valence-corrected chi connectivity index (χ4v) is 2.47. The number of nitrogens with one attached hydrogen (secondary N) is 2. The highest BCUT2D eigenvalue weighted by molar-refractivity contribution is 14.0. The highest BCUT2D eigenvalue weighted by Crippen LogP contribution is 2.07. The van der Waals surface area contributed by atoms with Gasteiger partial charge in [-0.3, -0.25) is 4.99 Å². The van der Waals surface area contributed by atoms with Gasteiger partial charge >= 0.3 is 0 Å². The summed E-state index contributed by atoms with van der Waals surface area (Å²) >= 11 is 1.70. The van der Waals surface area contributed by atoms with Gasteiger partial charge in [0, 0.05) is 44.6 Å². The largest absolute Gasteiger partial charge is 0.382 e. The number of guanidine groups is 1. The van der Waals surface area contributed by atoms with Gasteiger partial charge in [0.2, 0.25) is 0 Å². The number of aryl methyl sites for hydroxylation is 1. The number of aliphatic imine (C=N–C) groups is 1. The first-order chi connectivity index (χ1) is 10.3. The smallest absolute Gasteiger partial charge is 0.191 e. The Morgan fingerprint density at radius 2 is 2.14 bits per heavy atom. The third-order valence-electron chi connectivity index (χ3n) is 2.86. The lowest BCUT2D eigenvalue weighted by Gasteiger charge is -2.10. The quantitative estimate of drug-likeness (QED) is 0.254. The molecule has 5 nitrogen and oxygen atoms in total. The Labute approximate surface area is 155 Å². The summed E-state index contributed by atoms with van der Waals surface area (Å²) in [6.45, 7) is 10.3. The standard InChI is InChI=1S/C15H28N4OS.HI/c1-4-16-15(17-9-6-7-11-20-5-2)18-10-8-14-12-21-13(3)19-14;/h12H,4-11H2,1-3H3,(H2,16,17,18);1H. The number of thiazole rings is 1. The van der Waals surface area contributed by atoms with Crippen LogP contribution in [0.1, 0.15) is 37.4 Å². The van der Waals surface area contributed by atoms with Crippen molar-refractivity contribution >= 4 is 41.3 Å². The van der Waals surface area contributed by atoms with Gasteiger partial charge in [-0.2, -0.15) is 0 Å². The molecule has 0 saturated heterocycles. The van der Waals surface area contributed by atoms with Gasteiger partial charge in [-0.25, -0.2) is 4.98 Å². The van der Waals surface area contributed by atoms with Gasteiger partial charge < -0.3 is 15.4 Å². The van der Waals surface area contributed by atoms with Crippen LogP contribution in [0, 0.1) is 6.92 Å². The average molecular weight is 440 g/mol. The van der Waals surface area contributed by atoms with Gasteiger partial charge in [0.05, 0.1) is 10.7 Å². The van der Waals surface area contributed by atoms with Crippen molar-refractivity contribution in [3.63, 3.8) is 0 Å². The molecule has 7 heteroatoms. The lowest BCUT2D eigenvalue weighted by molar-refractivity contribution is 0.144. The van der Waals surface area contributed by atoms with E-state index in [1.165, 1.54) is 0 Å². The molecule has 1 aromatic heterocycles. The Bertz CT molecular complexity index is 412. The van der Waals surface area contributed by atoms with Crippen molar-refractivity contribution in [2.75, 3.05) is 32.8 Å². The summed E-state index contributed by atoms with van der Waals surface area (Å²) in [5, 5.41) is 9.86. The molecule has 1 rings (SSSR count). The van der Waals surface area contributed by atoms with Crippen LogP contribution in [0.3, 0.4) is 0 Å². The molecule has 0 radical (unpaired) electrons. The highest BCUT2D eigenvalue weighted by atomic mass is 127. The van der Waals surface area contributed by atoms with Crippen LogP contribution in [-0.2, 0) is 11.2 Å². The second kappa shape index (κ2) is 14.2. The van der Waals surface area contributed by atoms with Crippen LogP contribution in [0.25, 0.3) is 0 Å². The van der Waals surface area contributed by atoms with Crippen LogP contribution >= 0.6 is 35.3 Å². The average Bonchev–Trinajstić information content (AvgIpc) is 2.88. The monoisotopic (exact) mass is 440 g/mol. The first kappa shape index (κ1) is 21.6. The highest BCUT2D eigenvalue weighted by Gasteiger charge is 2.00. The SMILES string of the molecule is CCNC(=NCCCCOCC)NCCc1csc(C)n1.I. The maximum absolute atomic E-state index is 5.32. The summed E-state index contributed by atoms with van der Waals surface area (Å²) in [6.07, 6.45) is 3.05. The first-order valence-corrected chi connectivity index (χ1v) is 8.65. The lowest BCUT2D eigenvalue weighted by atomic mass is 10.3. The molecule has 1 aromatic rings. The van der Waals surface area contributed by atoms with Crippen LogP contribution in [0.15, 0.2) is 10.4 Å². The van der Waals surface area contributed by atoms with Gasteiger partial charge in [-0.15, -0.1) is 35.3 Å². The molecular formula is C15H29IN4OS. The Balaban J connectivity index is 0.00000441. The van der Waals surface area contributed by atoms with Crippen molar-refractivity contribution in [1.29, 1.82) is 0 Å². The zero-order valence-electron chi connectivity index (χ0n) is 13.9. The topological polar surface area (TPSA) is 58.5 Å². The minimum atomic E-state index is 0. The van der Waals surface area contributed by atoms with Crippen molar-refractivity contribution in [1.82, 2.24) is 15.6 Å². The van der Waals surface area contributed by atoms with Crippen LogP contribution in [-0.4, -0.2) is 43.8 Å². The van der Waals surface area contributed by atoms with Gasteiger partial charge in [-0.05, 0) is 33.6 Å². The number of unbranched alkanes of at least 4 members (excludes halogenated alkanes) is 1. The third-order valence-corrected chi connectivity index (χ3v) is 3.68. The molecule has 0 atom stereocenters. The van der Waals surface area contributed by atoms with Crippen molar-refractivity contribution in [2.45, 2.75) is 40.0 Å². The zero-order chi connectivity index (χ0) is 15.3. The molecule has 128 valence electrons. The van der Waals surface area contributed by atoms with E-state index >= 15 is 0 Å². The molecule has 0 saturated carbocycles. The number of ether oxygens (including phenoxy) is 1. The van der Waals surface area contributed by atoms with E-state index in [0.717, 1.165) is 68.8 Å². The fourth-order valence-electron chi connectivity index (χ4n) is 1.82. The molecule has 1 heterocycles. The second-order valence-corrected chi connectivity index (χ2v) is 5.76. The Hall–Kier alpha value is -0.410. The van der Waals surface area contributed by atoms with Crippen molar-refractivity contribution < 1.29 is 4.74 Å². The lowest BCUT2D eigenvalue weighted by Crippen LogP contribution is -2.38. The molecule has 0 aromatic carbocycles. The van der Waals surface area contributed by atoms with Crippen LogP contribution in [0.5, 0.6) is 0 Å². The molecule has 0 aliphatic carbocycles. The van der Waals surface area contributed by atoms with E-state index < -0.39 is 0 Å². The van der Waals surface area contributed by atoms with Gasteiger partial charge in [0.1, 0.15) is 0 Å². The van der Waals surface area contributed by atoms with Crippen molar-refractivity contribution in [2.24, 2.45) is 4.99 Å². The van der Waals surface area contributed by atoms with Gasteiger partial charge in [0.15, 0.2) is 5.96 Å². The van der Waals surface area contributed by atoms with E-state index in [9.17, 15) is 0 Å². The molecule has 22 heavy (non-hydrogen) atoms. The normalized spacial score (nSPS) is 11.1. The van der Waals surface area contributed by atoms with Crippen molar-refractivity contribution in [3.05, 3.63) is 16.1 Å². The fraction of sp³-hybridized carbons (Fsp3) is 0.733. The Kier molecular flexibility index (Phi) is 13.9. The zero-order valence-corrected chi connectivity index (χ0v) is 17.0. The minimum Gasteiger partial charge on any atom is -0.382 e. The van der Waals surface area contributed by atoms with Crippen LogP contribution < -0.4 is 10.6 Å². The number of hydrogen-bond acceptors (Lipinski definition) is 4. The second-order valence-electron chi connectivity index (χ2n) is 4.70. The van der Waals surface area contributed by atoms with E-state index in [1.54, 1.807) is 11.3 Å².